The summed E-state index contributed by atoms with van der Waals surface area (Å²) in [5, 5.41) is 14.3. The van der Waals surface area contributed by atoms with Gasteiger partial charge in [0.1, 0.15) is 11.5 Å². The van der Waals surface area contributed by atoms with E-state index in [-0.39, 0.29) is 5.41 Å². The molecule has 2 saturated carbocycles. The molecule has 4 atom stereocenters. The first kappa shape index (κ1) is 18.8. The van der Waals surface area contributed by atoms with Gasteiger partial charge in [0.05, 0.1) is 5.69 Å². The molecule has 4 N–H and O–H groups in total. The molecule has 0 aromatic heterocycles. The van der Waals surface area contributed by atoms with E-state index in [0.29, 0.717) is 29.3 Å². The largest absolute Gasteiger partial charge is 0.505 e. The van der Waals surface area contributed by atoms with Gasteiger partial charge in [0.2, 0.25) is 0 Å². The highest BCUT2D eigenvalue weighted by Gasteiger charge is 2.54. The summed E-state index contributed by atoms with van der Waals surface area (Å²) >= 11 is 0. The minimum Gasteiger partial charge on any atom is -0.505 e. The molecule has 4 rings (SSSR count). The van der Waals surface area contributed by atoms with Gasteiger partial charge in [-0.2, -0.15) is 0 Å². The average Bonchev–Trinajstić information content (AvgIpc) is 2.98. The Hall–Kier alpha value is -1.55. The standard InChI is InChI=1S/C23H34N2O2/c1-23-12-11-16-15-7-9-20(25-14-4-2-3-13-24)22(27)18(15)6-5-17(16)19(23)8-10-21(23)26/h7,9,16-17,19,25,27H,2-6,8,10-14,24H2,1H3/t16-,17-,19+,23+/m1/s1. The predicted molar refractivity (Wildman–Crippen MR) is 109 cm³/mol. The molecule has 0 heterocycles. The summed E-state index contributed by atoms with van der Waals surface area (Å²) in [7, 11) is 0. The number of carbonyl (C=O) groups excluding carboxylic acids is 1. The van der Waals surface area contributed by atoms with Crippen molar-refractivity contribution in [3.05, 3.63) is 23.3 Å². The summed E-state index contributed by atoms with van der Waals surface area (Å²) in [6.45, 7) is 3.84. The lowest BCUT2D eigenvalue weighted by Gasteiger charge is -2.48. The van der Waals surface area contributed by atoms with Gasteiger partial charge in [0.25, 0.3) is 0 Å². The molecular formula is C23H34N2O2. The molecule has 2 fully saturated rings. The fourth-order valence-corrected chi connectivity index (χ4v) is 6.23. The van der Waals surface area contributed by atoms with Gasteiger partial charge in [0, 0.05) is 18.4 Å². The Morgan fingerprint density at radius 3 is 2.85 bits per heavy atom. The minimum absolute atomic E-state index is 0.0776. The maximum Gasteiger partial charge on any atom is 0.142 e. The van der Waals surface area contributed by atoms with Gasteiger partial charge in [-0.1, -0.05) is 19.4 Å². The van der Waals surface area contributed by atoms with Crippen molar-refractivity contribution < 1.29 is 9.90 Å². The molecule has 0 amide bonds. The van der Waals surface area contributed by atoms with E-state index in [1.54, 1.807) is 0 Å². The third kappa shape index (κ3) is 3.16. The number of nitrogens with one attached hydrogen (secondary N) is 1. The summed E-state index contributed by atoms with van der Waals surface area (Å²) in [4.78, 5) is 12.5. The fraction of sp³-hybridized carbons (Fsp3) is 0.696. The molecule has 148 valence electrons. The molecule has 1 aromatic carbocycles. The van der Waals surface area contributed by atoms with E-state index >= 15 is 0 Å². The van der Waals surface area contributed by atoms with Crippen LogP contribution in [0.5, 0.6) is 5.75 Å². The van der Waals surface area contributed by atoms with Crippen molar-refractivity contribution in [3.8, 4) is 5.75 Å². The van der Waals surface area contributed by atoms with Gasteiger partial charge in [-0.25, -0.2) is 0 Å². The van der Waals surface area contributed by atoms with E-state index in [1.165, 1.54) is 5.56 Å². The highest BCUT2D eigenvalue weighted by atomic mass is 16.3. The minimum atomic E-state index is -0.0776. The molecule has 3 aliphatic carbocycles. The Morgan fingerprint density at radius 1 is 1.19 bits per heavy atom. The van der Waals surface area contributed by atoms with Gasteiger partial charge in [-0.05, 0) is 86.4 Å². The number of rotatable bonds is 6. The van der Waals surface area contributed by atoms with Gasteiger partial charge >= 0.3 is 0 Å². The van der Waals surface area contributed by atoms with Gasteiger partial charge in [-0.15, -0.1) is 0 Å². The summed E-state index contributed by atoms with van der Waals surface area (Å²) in [5.41, 5.74) is 8.83. The number of nitrogens with two attached hydrogens (primary N) is 1. The molecule has 0 saturated heterocycles. The number of anilines is 1. The third-order valence-corrected chi connectivity index (χ3v) is 7.79. The zero-order chi connectivity index (χ0) is 19.0. The van der Waals surface area contributed by atoms with Crippen LogP contribution in [0.25, 0.3) is 0 Å². The van der Waals surface area contributed by atoms with E-state index in [9.17, 15) is 9.90 Å². The fourth-order valence-electron chi connectivity index (χ4n) is 6.23. The zero-order valence-corrected chi connectivity index (χ0v) is 16.6. The lowest BCUT2D eigenvalue weighted by molar-refractivity contribution is -0.129. The van der Waals surface area contributed by atoms with E-state index < -0.39 is 0 Å². The number of fused-ring (bicyclic) bond motifs is 5. The summed E-state index contributed by atoms with van der Waals surface area (Å²) in [6.07, 6.45) is 9.25. The predicted octanol–water partition coefficient (Wildman–Crippen LogP) is 4.36. The van der Waals surface area contributed by atoms with Crippen molar-refractivity contribution in [2.75, 3.05) is 18.4 Å². The van der Waals surface area contributed by atoms with Crippen molar-refractivity contribution in [2.24, 2.45) is 23.0 Å². The first-order valence-electron chi connectivity index (χ1n) is 10.9. The Bertz CT molecular complexity index is 717. The van der Waals surface area contributed by atoms with Crippen LogP contribution in [0.1, 0.15) is 75.3 Å². The Kier molecular flexibility index (Phi) is 5.19. The molecule has 0 aliphatic heterocycles. The number of hydrogen-bond donors (Lipinski definition) is 3. The van der Waals surface area contributed by atoms with Crippen LogP contribution in [0.3, 0.4) is 0 Å². The molecular weight excluding hydrogens is 336 g/mol. The summed E-state index contributed by atoms with van der Waals surface area (Å²) in [5.74, 6) is 2.62. The Morgan fingerprint density at radius 2 is 2.04 bits per heavy atom. The number of carbonyl (C=O) groups is 1. The van der Waals surface area contributed by atoms with Crippen LogP contribution in [0.15, 0.2) is 12.1 Å². The van der Waals surface area contributed by atoms with Crippen molar-refractivity contribution in [2.45, 2.75) is 70.6 Å². The topological polar surface area (TPSA) is 75.3 Å². The second-order valence-corrected chi connectivity index (χ2v) is 9.14. The number of Topliss-reactive ketones (excluding diaryl/α,β-unsaturated/α-hetero) is 1. The molecule has 4 heteroatoms. The highest BCUT2D eigenvalue weighted by Crippen LogP contribution is 2.60. The maximum absolute atomic E-state index is 12.5. The number of benzene rings is 1. The summed E-state index contributed by atoms with van der Waals surface area (Å²) < 4.78 is 0. The normalized spacial score (nSPS) is 31.9. The van der Waals surface area contributed by atoms with Gasteiger partial charge in [0.15, 0.2) is 0 Å². The third-order valence-electron chi connectivity index (χ3n) is 7.79. The number of unbranched alkanes of at least 4 members (excludes halogenated alkanes) is 2. The van der Waals surface area contributed by atoms with E-state index in [2.05, 4.69) is 24.4 Å². The lowest BCUT2D eigenvalue weighted by Crippen LogP contribution is -2.42. The van der Waals surface area contributed by atoms with Crippen LogP contribution in [0.4, 0.5) is 5.69 Å². The van der Waals surface area contributed by atoms with Crippen LogP contribution in [-0.4, -0.2) is 24.0 Å². The van der Waals surface area contributed by atoms with Crippen molar-refractivity contribution in [1.82, 2.24) is 0 Å². The first-order chi connectivity index (χ1) is 13.1. The van der Waals surface area contributed by atoms with E-state index in [4.69, 9.17) is 5.73 Å². The van der Waals surface area contributed by atoms with Gasteiger partial charge < -0.3 is 16.2 Å². The highest BCUT2D eigenvalue weighted by molar-refractivity contribution is 5.87. The SMILES string of the molecule is C[C@]12CC[C@@H]3c4ccc(NCCCCCN)c(O)c4CC[C@H]3[C@@H]1CCC2=O. The Labute approximate surface area is 162 Å². The van der Waals surface area contributed by atoms with Crippen LogP contribution in [0.2, 0.25) is 0 Å². The maximum atomic E-state index is 12.5. The van der Waals surface area contributed by atoms with Gasteiger partial charge in [-0.3, -0.25) is 4.79 Å². The number of phenols is 1. The molecule has 0 bridgehead atoms. The number of aromatic hydroxyl groups is 1. The second kappa shape index (κ2) is 7.46. The lowest BCUT2D eigenvalue weighted by atomic mass is 9.55. The van der Waals surface area contributed by atoms with Crippen LogP contribution >= 0.6 is 0 Å². The van der Waals surface area contributed by atoms with Crippen LogP contribution in [0, 0.1) is 17.3 Å². The quantitative estimate of drug-likeness (QED) is 0.514. The van der Waals surface area contributed by atoms with E-state index in [0.717, 1.165) is 82.1 Å². The monoisotopic (exact) mass is 370 g/mol. The number of hydrogen-bond acceptors (Lipinski definition) is 4. The molecule has 4 nitrogen and oxygen atoms in total. The molecule has 1 aromatic rings. The van der Waals surface area contributed by atoms with Crippen molar-refractivity contribution in [1.29, 1.82) is 0 Å². The van der Waals surface area contributed by atoms with Crippen molar-refractivity contribution >= 4 is 11.5 Å². The summed E-state index contributed by atoms with van der Waals surface area (Å²) in [6, 6.07) is 4.31. The number of ketones is 1. The van der Waals surface area contributed by atoms with Crippen LogP contribution in [-0.2, 0) is 11.2 Å². The van der Waals surface area contributed by atoms with Crippen molar-refractivity contribution in [3.63, 3.8) is 0 Å². The molecule has 27 heavy (non-hydrogen) atoms. The Balaban J connectivity index is 1.50. The number of phenolic OH excluding ortho intramolecular Hbond substituents is 1. The smallest absolute Gasteiger partial charge is 0.142 e. The zero-order valence-electron chi connectivity index (χ0n) is 16.6. The molecule has 0 spiro atoms. The molecule has 0 unspecified atom stereocenters. The molecule has 0 radical (unpaired) electrons. The first-order valence-corrected chi connectivity index (χ1v) is 10.9. The molecule has 3 aliphatic rings. The average molecular weight is 371 g/mol. The second-order valence-electron chi connectivity index (χ2n) is 9.14. The van der Waals surface area contributed by atoms with Crippen LogP contribution < -0.4 is 11.1 Å². The van der Waals surface area contributed by atoms with E-state index in [1.807, 2.05) is 0 Å².